The SMILES string of the molecule is CC(=O)c1cc(C#N)c(SCC(=O)N(Cc2ccccc2F)C2CC2)nc1C. The fraction of sp³-hybridized carbons (Fsp3) is 0.333. The van der Waals surface area contributed by atoms with Crippen molar-refractivity contribution in [3.63, 3.8) is 0 Å². The second-order valence-corrected chi connectivity index (χ2v) is 7.74. The number of aromatic nitrogens is 1. The Hall–Kier alpha value is -2.72. The number of benzene rings is 1. The molecule has 0 saturated heterocycles. The second-order valence-electron chi connectivity index (χ2n) is 6.77. The van der Waals surface area contributed by atoms with Crippen LogP contribution in [0.4, 0.5) is 4.39 Å². The lowest BCUT2D eigenvalue weighted by Gasteiger charge is -2.22. The number of nitrogens with zero attached hydrogens (tertiary/aromatic N) is 3. The third kappa shape index (κ3) is 4.57. The van der Waals surface area contributed by atoms with E-state index in [-0.39, 0.29) is 41.4 Å². The molecule has 28 heavy (non-hydrogen) atoms. The Kier molecular flexibility index (Phi) is 6.10. The summed E-state index contributed by atoms with van der Waals surface area (Å²) in [5.41, 5.74) is 1.71. The van der Waals surface area contributed by atoms with Gasteiger partial charge in [-0.1, -0.05) is 30.0 Å². The number of nitriles is 1. The molecule has 0 radical (unpaired) electrons. The van der Waals surface area contributed by atoms with E-state index in [0.717, 1.165) is 12.8 Å². The number of carbonyl (C=O) groups excluding carboxylic acids is 2. The minimum absolute atomic E-state index is 0.103. The first-order chi connectivity index (χ1) is 13.4. The smallest absolute Gasteiger partial charge is 0.233 e. The topological polar surface area (TPSA) is 74.1 Å². The minimum atomic E-state index is -0.322. The number of ketones is 1. The molecule has 0 unspecified atom stereocenters. The average molecular weight is 397 g/mol. The van der Waals surface area contributed by atoms with Gasteiger partial charge in [0, 0.05) is 29.4 Å². The number of pyridine rings is 1. The van der Waals surface area contributed by atoms with Crippen LogP contribution in [0.25, 0.3) is 0 Å². The summed E-state index contributed by atoms with van der Waals surface area (Å²) in [6.07, 6.45) is 1.83. The summed E-state index contributed by atoms with van der Waals surface area (Å²) in [5, 5.41) is 9.79. The highest BCUT2D eigenvalue weighted by Gasteiger charge is 2.33. The van der Waals surface area contributed by atoms with E-state index in [2.05, 4.69) is 4.98 Å². The number of rotatable bonds is 7. The standard InChI is InChI=1S/C21H20FN3O2S/c1-13-18(14(2)26)9-16(10-23)21(24-13)28-12-20(27)25(17-7-8-17)11-15-5-3-4-6-19(15)22/h3-6,9,17H,7-8,11-12H2,1-2H3. The first-order valence-electron chi connectivity index (χ1n) is 8.99. The molecule has 2 aromatic rings. The van der Waals surface area contributed by atoms with E-state index in [0.29, 0.717) is 21.8 Å². The van der Waals surface area contributed by atoms with Gasteiger partial charge < -0.3 is 4.90 Å². The Morgan fingerprint density at radius 1 is 1.36 bits per heavy atom. The quantitative estimate of drug-likeness (QED) is 0.523. The van der Waals surface area contributed by atoms with Gasteiger partial charge in [0.05, 0.1) is 11.3 Å². The summed E-state index contributed by atoms with van der Waals surface area (Å²) in [4.78, 5) is 30.5. The molecule has 1 heterocycles. The summed E-state index contributed by atoms with van der Waals surface area (Å²) in [5.74, 6) is -0.489. The summed E-state index contributed by atoms with van der Waals surface area (Å²) >= 11 is 1.17. The van der Waals surface area contributed by atoms with Gasteiger partial charge in [-0.05, 0) is 38.8 Å². The van der Waals surface area contributed by atoms with Crippen LogP contribution in [0.3, 0.4) is 0 Å². The molecule has 0 aliphatic heterocycles. The zero-order valence-electron chi connectivity index (χ0n) is 15.7. The molecule has 1 amide bonds. The van der Waals surface area contributed by atoms with Crippen LogP contribution in [0.1, 0.15) is 46.9 Å². The first-order valence-corrected chi connectivity index (χ1v) is 9.97. The lowest BCUT2D eigenvalue weighted by molar-refractivity contribution is -0.129. The van der Waals surface area contributed by atoms with Crippen molar-refractivity contribution >= 4 is 23.5 Å². The van der Waals surface area contributed by atoms with E-state index >= 15 is 0 Å². The highest BCUT2D eigenvalue weighted by molar-refractivity contribution is 8.00. The van der Waals surface area contributed by atoms with Crippen molar-refractivity contribution in [2.75, 3.05) is 5.75 Å². The summed E-state index contributed by atoms with van der Waals surface area (Å²) < 4.78 is 14.0. The van der Waals surface area contributed by atoms with Crippen LogP contribution in [-0.2, 0) is 11.3 Å². The van der Waals surface area contributed by atoms with E-state index in [9.17, 15) is 19.2 Å². The monoisotopic (exact) mass is 397 g/mol. The van der Waals surface area contributed by atoms with Gasteiger partial charge in [0.25, 0.3) is 0 Å². The predicted octanol–water partition coefficient (Wildman–Crippen LogP) is 3.89. The number of thioether (sulfide) groups is 1. The molecular weight excluding hydrogens is 377 g/mol. The molecule has 1 aromatic heterocycles. The van der Waals surface area contributed by atoms with E-state index in [1.54, 1.807) is 30.0 Å². The molecule has 0 spiro atoms. The Bertz CT molecular complexity index is 967. The first kappa shape index (κ1) is 20.0. The number of amides is 1. The molecule has 1 aromatic carbocycles. The van der Waals surface area contributed by atoms with Gasteiger partial charge in [0.15, 0.2) is 5.78 Å². The lowest BCUT2D eigenvalue weighted by Crippen LogP contribution is -2.34. The van der Waals surface area contributed by atoms with Crippen molar-refractivity contribution < 1.29 is 14.0 Å². The van der Waals surface area contributed by atoms with Gasteiger partial charge in [-0.25, -0.2) is 9.37 Å². The molecule has 0 atom stereocenters. The molecule has 144 valence electrons. The van der Waals surface area contributed by atoms with E-state index in [1.165, 1.54) is 30.8 Å². The van der Waals surface area contributed by atoms with E-state index in [4.69, 9.17) is 0 Å². The van der Waals surface area contributed by atoms with Gasteiger partial charge in [0.1, 0.15) is 16.9 Å². The zero-order chi connectivity index (χ0) is 20.3. The van der Waals surface area contributed by atoms with Crippen molar-refractivity contribution in [1.29, 1.82) is 5.26 Å². The number of hydrogen-bond acceptors (Lipinski definition) is 5. The molecule has 1 saturated carbocycles. The summed E-state index contributed by atoms with van der Waals surface area (Å²) in [7, 11) is 0. The van der Waals surface area contributed by atoms with Gasteiger partial charge >= 0.3 is 0 Å². The molecule has 0 bridgehead atoms. The summed E-state index contributed by atoms with van der Waals surface area (Å²) in [6, 6.07) is 10.2. The zero-order valence-corrected chi connectivity index (χ0v) is 16.6. The van der Waals surface area contributed by atoms with Crippen molar-refractivity contribution in [3.8, 4) is 6.07 Å². The third-order valence-electron chi connectivity index (χ3n) is 4.62. The maximum absolute atomic E-state index is 14.0. The molecular formula is C21H20FN3O2S. The largest absolute Gasteiger partial charge is 0.335 e. The van der Waals surface area contributed by atoms with Crippen molar-refractivity contribution in [1.82, 2.24) is 9.88 Å². The number of carbonyl (C=O) groups is 2. The Balaban J connectivity index is 1.73. The number of Topliss-reactive ketones (excluding diaryl/α,β-unsaturated/α-hetero) is 1. The molecule has 1 aliphatic rings. The fourth-order valence-corrected chi connectivity index (χ4v) is 3.85. The van der Waals surface area contributed by atoms with E-state index in [1.807, 2.05) is 6.07 Å². The highest BCUT2D eigenvalue weighted by atomic mass is 32.2. The van der Waals surface area contributed by atoms with Gasteiger partial charge in [-0.15, -0.1) is 0 Å². The predicted molar refractivity (Wildman–Crippen MR) is 104 cm³/mol. The van der Waals surface area contributed by atoms with Gasteiger partial charge in [0.2, 0.25) is 5.91 Å². The minimum Gasteiger partial charge on any atom is -0.335 e. The fourth-order valence-electron chi connectivity index (χ4n) is 2.96. The number of hydrogen-bond donors (Lipinski definition) is 0. The maximum atomic E-state index is 14.0. The van der Waals surface area contributed by atoms with Crippen molar-refractivity contribution in [2.45, 2.75) is 44.3 Å². The molecule has 3 rings (SSSR count). The van der Waals surface area contributed by atoms with Crippen LogP contribution in [-0.4, -0.2) is 33.4 Å². The number of aryl methyl sites for hydroxylation is 1. The molecule has 1 fully saturated rings. The van der Waals surface area contributed by atoms with Gasteiger partial charge in [-0.2, -0.15) is 5.26 Å². The second kappa shape index (κ2) is 8.53. The van der Waals surface area contributed by atoms with Crippen LogP contribution in [0.2, 0.25) is 0 Å². The molecule has 1 aliphatic carbocycles. The highest BCUT2D eigenvalue weighted by Crippen LogP contribution is 2.31. The van der Waals surface area contributed by atoms with Crippen LogP contribution < -0.4 is 0 Å². The van der Waals surface area contributed by atoms with Crippen molar-refractivity contribution in [2.24, 2.45) is 0 Å². The third-order valence-corrected chi connectivity index (χ3v) is 5.59. The van der Waals surface area contributed by atoms with Crippen molar-refractivity contribution in [3.05, 3.63) is 58.5 Å². The average Bonchev–Trinajstić information content (AvgIpc) is 3.50. The van der Waals surface area contributed by atoms with Gasteiger partial charge in [-0.3, -0.25) is 9.59 Å². The van der Waals surface area contributed by atoms with Crippen LogP contribution in [0, 0.1) is 24.1 Å². The van der Waals surface area contributed by atoms with Crippen LogP contribution >= 0.6 is 11.8 Å². The Morgan fingerprint density at radius 3 is 2.68 bits per heavy atom. The normalized spacial score (nSPS) is 13.1. The Morgan fingerprint density at radius 2 is 2.07 bits per heavy atom. The maximum Gasteiger partial charge on any atom is 0.233 e. The molecule has 0 N–H and O–H groups in total. The van der Waals surface area contributed by atoms with E-state index < -0.39 is 0 Å². The summed E-state index contributed by atoms with van der Waals surface area (Å²) in [6.45, 7) is 3.37. The Labute approximate surface area is 167 Å². The molecule has 5 nitrogen and oxygen atoms in total. The molecule has 7 heteroatoms. The number of halogens is 1. The van der Waals surface area contributed by atoms with Crippen LogP contribution in [0.15, 0.2) is 35.4 Å². The lowest BCUT2D eigenvalue weighted by atomic mass is 10.1. The van der Waals surface area contributed by atoms with Crippen LogP contribution in [0.5, 0.6) is 0 Å².